The number of aromatic amines is 1. The number of nitrogens with one attached hydrogen (secondary N) is 1. The Morgan fingerprint density at radius 2 is 2.00 bits per heavy atom. The molecule has 1 unspecified atom stereocenters. The number of aryl methyl sites for hydroxylation is 1. The number of aromatic nitrogens is 2. The van der Waals surface area contributed by atoms with Crippen LogP contribution in [-0.2, 0) is 16.3 Å². The fourth-order valence-corrected chi connectivity index (χ4v) is 3.30. The monoisotopic (exact) mass is 351 g/mol. The van der Waals surface area contributed by atoms with E-state index in [1.807, 2.05) is 6.92 Å². The maximum absolute atomic E-state index is 12.8. The molecule has 0 aliphatic rings. The molecule has 9 heteroatoms. The summed E-state index contributed by atoms with van der Waals surface area (Å²) in [7, 11) is -4.08. The molecule has 0 saturated heterocycles. The van der Waals surface area contributed by atoms with Crippen molar-refractivity contribution in [3.05, 3.63) is 29.6 Å². The SMILES string of the molecule is CCC(CCS(=O)(=O)O)[n+]1c(C)[nH]c2cc(C(F)(F)F)ccc21. The van der Waals surface area contributed by atoms with Crippen molar-refractivity contribution in [2.75, 3.05) is 5.75 Å². The Morgan fingerprint density at radius 1 is 1.35 bits per heavy atom. The summed E-state index contributed by atoms with van der Waals surface area (Å²) >= 11 is 0. The normalized spacial score (nSPS) is 14.3. The van der Waals surface area contributed by atoms with Gasteiger partial charge in [0.25, 0.3) is 15.9 Å². The van der Waals surface area contributed by atoms with Crippen LogP contribution in [0.2, 0.25) is 0 Å². The third-order valence-corrected chi connectivity index (χ3v) is 4.56. The Bertz CT molecular complexity index is 813. The lowest BCUT2D eigenvalue weighted by Gasteiger charge is -2.13. The zero-order valence-electron chi connectivity index (χ0n) is 12.7. The van der Waals surface area contributed by atoms with Crippen LogP contribution < -0.4 is 4.57 Å². The molecule has 0 bridgehead atoms. The van der Waals surface area contributed by atoms with Gasteiger partial charge in [-0.3, -0.25) is 4.55 Å². The molecule has 2 rings (SSSR count). The second kappa shape index (κ2) is 6.12. The molecule has 1 aromatic carbocycles. The number of alkyl halides is 3. The highest BCUT2D eigenvalue weighted by atomic mass is 32.2. The lowest BCUT2D eigenvalue weighted by Crippen LogP contribution is -2.41. The fourth-order valence-electron chi connectivity index (χ4n) is 2.73. The van der Waals surface area contributed by atoms with Crippen LogP contribution in [0.5, 0.6) is 0 Å². The highest BCUT2D eigenvalue weighted by Gasteiger charge is 2.32. The van der Waals surface area contributed by atoms with Gasteiger partial charge in [-0.1, -0.05) is 6.92 Å². The average molecular weight is 351 g/mol. The summed E-state index contributed by atoms with van der Waals surface area (Å²) in [5.74, 6) is 0.229. The first-order chi connectivity index (χ1) is 10.5. The van der Waals surface area contributed by atoms with Gasteiger partial charge in [0.1, 0.15) is 6.04 Å². The van der Waals surface area contributed by atoms with Gasteiger partial charge in [0.2, 0.25) is 0 Å². The smallest absolute Gasteiger partial charge is 0.286 e. The largest absolute Gasteiger partial charge is 0.416 e. The molecule has 1 aromatic heterocycles. The van der Waals surface area contributed by atoms with Gasteiger partial charge in [-0.15, -0.1) is 0 Å². The van der Waals surface area contributed by atoms with Gasteiger partial charge >= 0.3 is 6.18 Å². The van der Waals surface area contributed by atoms with Gasteiger partial charge in [-0.05, 0) is 18.6 Å². The highest BCUT2D eigenvalue weighted by molar-refractivity contribution is 7.85. The van der Waals surface area contributed by atoms with Crippen LogP contribution in [0.25, 0.3) is 11.0 Å². The molecule has 23 heavy (non-hydrogen) atoms. The summed E-state index contributed by atoms with van der Waals surface area (Å²) in [6.07, 6.45) is -3.67. The second-order valence-corrected chi connectivity index (χ2v) is 7.02. The summed E-state index contributed by atoms with van der Waals surface area (Å²) in [6.45, 7) is 3.56. The molecule has 5 nitrogen and oxygen atoms in total. The first kappa shape index (κ1) is 17.7. The van der Waals surface area contributed by atoms with E-state index in [2.05, 4.69) is 4.98 Å². The minimum atomic E-state index is -4.42. The number of hydrogen-bond donors (Lipinski definition) is 2. The van der Waals surface area contributed by atoms with Crippen LogP contribution in [-0.4, -0.2) is 23.7 Å². The molecule has 0 saturated carbocycles. The number of H-pyrrole nitrogens is 1. The second-order valence-electron chi connectivity index (χ2n) is 5.45. The lowest BCUT2D eigenvalue weighted by molar-refractivity contribution is -0.704. The fraction of sp³-hybridized carbons (Fsp3) is 0.500. The highest BCUT2D eigenvalue weighted by Crippen LogP contribution is 2.31. The van der Waals surface area contributed by atoms with Crippen molar-refractivity contribution in [3.8, 4) is 0 Å². The van der Waals surface area contributed by atoms with Crippen molar-refractivity contribution in [1.29, 1.82) is 0 Å². The number of hydrogen-bond acceptors (Lipinski definition) is 2. The maximum atomic E-state index is 12.8. The Kier molecular flexibility index (Phi) is 4.72. The summed E-state index contributed by atoms with van der Waals surface area (Å²) in [4.78, 5) is 2.90. The average Bonchev–Trinajstić information content (AvgIpc) is 2.73. The Labute approximate surface area is 131 Å². The van der Waals surface area contributed by atoms with Gasteiger partial charge in [0.05, 0.1) is 11.3 Å². The molecule has 128 valence electrons. The number of fused-ring (bicyclic) bond motifs is 1. The third-order valence-electron chi connectivity index (χ3n) is 3.81. The maximum Gasteiger partial charge on any atom is 0.416 e. The first-order valence-electron chi connectivity index (χ1n) is 7.09. The molecule has 0 fully saturated rings. The van der Waals surface area contributed by atoms with E-state index in [0.29, 0.717) is 23.3 Å². The molecule has 0 spiro atoms. The number of rotatable bonds is 5. The molecule has 0 radical (unpaired) electrons. The van der Waals surface area contributed by atoms with E-state index in [1.54, 1.807) is 11.5 Å². The zero-order chi connectivity index (χ0) is 17.4. The van der Waals surface area contributed by atoms with Crippen LogP contribution in [0.4, 0.5) is 13.2 Å². The van der Waals surface area contributed by atoms with Crippen LogP contribution >= 0.6 is 0 Å². The van der Waals surface area contributed by atoms with E-state index in [0.717, 1.165) is 12.1 Å². The van der Waals surface area contributed by atoms with Gasteiger partial charge in [0.15, 0.2) is 11.0 Å². The van der Waals surface area contributed by atoms with Crippen LogP contribution in [0, 0.1) is 6.92 Å². The number of nitrogens with zero attached hydrogens (tertiary/aromatic N) is 1. The van der Waals surface area contributed by atoms with Crippen LogP contribution in [0.15, 0.2) is 18.2 Å². The predicted octanol–water partition coefficient (Wildman–Crippen LogP) is 3.01. The van der Waals surface area contributed by atoms with Gasteiger partial charge in [0, 0.05) is 19.4 Å². The van der Waals surface area contributed by atoms with E-state index in [4.69, 9.17) is 4.55 Å². The predicted molar refractivity (Wildman–Crippen MR) is 78.6 cm³/mol. The van der Waals surface area contributed by atoms with Crippen molar-refractivity contribution in [3.63, 3.8) is 0 Å². The Balaban J connectivity index is 2.45. The molecule has 1 heterocycles. The van der Waals surface area contributed by atoms with Gasteiger partial charge in [-0.25, -0.2) is 9.55 Å². The first-order valence-corrected chi connectivity index (χ1v) is 8.70. The molecule has 2 aromatic rings. The summed E-state index contributed by atoms with van der Waals surface area (Å²) in [6, 6.07) is 3.16. The molecule has 2 N–H and O–H groups in total. The van der Waals surface area contributed by atoms with E-state index in [9.17, 15) is 21.6 Å². The molecule has 1 atom stereocenters. The Hall–Kier alpha value is -1.61. The molecule has 0 aliphatic heterocycles. The van der Waals surface area contributed by atoms with Crippen LogP contribution in [0.3, 0.4) is 0 Å². The van der Waals surface area contributed by atoms with Gasteiger partial charge < -0.3 is 0 Å². The van der Waals surface area contributed by atoms with E-state index in [-0.39, 0.29) is 12.5 Å². The lowest BCUT2D eigenvalue weighted by atomic mass is 10.1. The number of halogens is 3. The molecular formula is C14H18F3N2O3S+. The van der Waals surface area contributed by atoms with Crippen molar-refractivity contribution < 1.29 is 30.7 Å². The Morgan fingerprint density at radius 3 is 2.52 bits per heavy atom. The minimum absolute atomic E-state index is 0.175. The van der Waals surface area contributed by atoms with E-state index >= 15 is 0 Å². The van der Waals surface area contributed by atoms with Crippen molar-refractivity contribution >= 4 is 21.2 Å². The quantitative estimate of drug-likeness (QED) is 0.642. The van der Waals surface area contributed by atoms with Gasteiger partial charge in [-0.2, -0.15) is 21.6 Å². The topological polar surface area (TPSA) is 74.0 Å². The molecule has 0 amide bonds. The van der Waals surface area contributed by atoms with Crippen LogP contribution in [0.1, 0.15) is 37.2 Å². The number of benzene rings is 1. The minimum Gasteiger partial charge on any atom is -0.286 e. The third kappa shape index (κ3) is 4.03. The van der Waals surface area contributed by atoms with E-state index in [1.165, 1.54) is 6.07 Å². The standard InChI is InChI=1S/C14H17F3N2O3S/c1-3-11(6-7-23(20,21)22)19-9(2)18-12-8-10(14(15,16)17)4-5-13(12)19/h4-5,8,11H,3,6-7H2,1-2H3,(H,20,21,22)/p+1. The van der Waals surface area contributed by atoms with Crippen molar-refractivity contribution in [2.24, 2.45) is 0 Å². The molecule has 0 aliphatic carbocycles. The van der Waals surface area contributed by atoms with Crippen molar-refractivity contribution in [1.82, 2.24) is 4.98 Å². The van der Waals surface area contributed by atoms with Crippen molar-refractivity contribution in [2.45, 2.75) is 38.9 Å². The zero-order valence-corrected chi connectivity index (χ0v) is 13.5. The summed E-state index contributed by atoms with van der Waals surface area (Å²) < 4.78 is 70.9. The molecular weight excluding hydrogens is 333 g/mol. The summed E-state index contributed by atoms with van der Waals surface area (Å²) in [5, 5.41) is 0. The van der Waals surface area contributed by atoms with E-state index < -0.39 is 27.6 Å². The number of imidazole rings is 1. The summed E-state index contributed by atoms with van der Waals surface area (Å²) in [5.41, 5.74) is 0.157.